The van der Waals surface area contributed by atoms with Gasteiger partial charge < -0.3 is 0 Å². The Bertz CT molecular complexity index is 462. The predicted molar refractivity (Wildman–Crippen MR) is 45.3 cm³/mol. The van der Waals surface area contributed by atoms with Crippen LogP contribution in [0.5, 0.6) is 0 Å². The second-order valence-electron chi connectivity index (χ2n) is 3.45. The molecule has 0 atom stereocenters. The van der Waals surface area contributed by atoms with Crippen molar-refractivity contribution >= 4 is 6.08 Å². The van der Waals surface area contributed by atoms with Crippen LogP contribution in [-0.4, -0.2) is 6.08 Å². The molecule has 0 bridgehead atoms. The summed E-state index contributed by atoms with van der Waals surface area (Å²) in [5.41, 5.74) is -1.69. The molecule has 0 aromatic heterocycles. The first-order valence-electron chi connectivity index (χ1n) is 4.34. The largest absolute Gasteiger partial charge is 0.235 e. The van der Waals surface area contributed by atoms with Crippen molar-refractivity contribution in [2.75, 3.05) is 0 Å². The maximum atomic E-state index is 13.3. The van der Waals surface area contributed by atoms with Gasteiger partial charge in [-0.2, -0.15) is 4.99 Å². The number of aliphatic imine (C=N–C) groups is 1. The third-order valence-corrected chi connectivity index (χ3v) is 2.49. The van der Waals surface area contributed by atoms with Crippen molar-refractivity contribution < 1.29 is 18.0 Å². The highest BCUT2D eigenvalue weighted by Crippen LogP contribution is 2.51. The molecule has 1 saturated carbocycles. The molecule has 5 heteroatoms. The van der Waals surface area contributed by atoms with E-state index in [-0.39, 0.29) is 0 Å². The third kappa shape index (κ3) is 1.45. The lowest BCUT2D eigenvalue weighted by molar-refractivity contribution is 0.460. The molecule has 2 nitrogen and oxygen atoms in total. The van der Waals surface area contributed by atoms with Gasteiger partial charge in [-0.1, -0.05) is 0 Å². The van der Waals surface area contributed by atoms with E-state index in [0.29, 0.717) is 18.9 Å². The van der Waals surface area contributed by atoms with E-state index in [0.717, 1.165) is 6.07 Å². The van der Waals surface area contributed by atoms with Crippen LogP contribution < -0.4 is 0 Å². The molecule has 0 radical (unpaired) electrons. The number of carbonyl (C=O) groups excluding carboxylic acids is 1. The molecule has 0 unspecified atom stereocenters. The standard InChI is InChI=1S/C10H6F3NO/c11-6-1-2-7(12)9(13)8(6)10(3-4-10)14-5-15/h1-2H,3-4H2. The van der Waals surface area contributed by atoms with Crippen molar-refractivity contribution in [2.45, 2.75) is 18.4 Å². The number of hydrogen-bond acceptors (Lipinski definition) is 2. The first-order chi connectivity index (χ1) is 7.10. The van der Waals surface area contributed by atoms with Gasteiger partial charge >= 0.3 is 0 Å². The number of rotatable bonds is 2. The minimum Gasteiger partial charge on any atom is -0.211 e. The Morgan fingerprint density at radius 2 is 1.80 bits per heavy atom. The number of nitrogens with zero attached hydrogens (tertiary/aromatic N) is 1. The molecule has 78 valence electrons. The van der Waals surface area contributed by atoms with Gasteiger partial charge in [0.1, 0.15) is 11.4 Å². The Morgan fingerprint density at radius 1 is 1.20 bits per heavy atom. The van der Waals surface area contributed by atoms with Crippen LogP contribution in [0.25, 0.3) is 0 Å². The monoisotopic (exact) mass is 213 g/mol. The number of benzene rings is 1. The smallest absolute Gasteiger partial charge is 0.211 e. The summed E-state index contributed by atoms with van der Waals surface area (Å²) in [6.45, 7) is 0. The van der Waals surface area contributed by atoms with E-state index in [9.17, 15) is 18.0 Å². The SMILES string of the molecule is O=C=NC1(c2c(F)ccc(F)c2F)CC1. The Kier molecular flexibility index (Phi) is 2.12. The van der Waals surface area contributed by atoms with E-state index in [2.05, 4.69) is 4.99 Å². The summed E-state index contributed by atoms with van der Waals surface area (Å²) >= 11 is 0. The van der Waals surface area contributed by atoms with Crippen LogP contribution in [0.2, 0.25) is 0 Å². The molecule has 1 aromatic rings. The topological polar surface area (TPSA) is 29.4 Å². The van der Waals surface area contributed by atoms with Gasteiger partial charge in [0.2, 0.25) is 6.08 Å². The number of halogens is 3. The summed E-state index contributed by atoms with van der Waals surface area (Å²) in [6, 6.07) is 1.53. The fourth-order valence-corrected chi connectivity index (χ4v) is 1.58. The summed E-state index contributed by atoms with van der Waals surface area (Å²) in [5.74, 6) is -3.30. The molecular weight excluding hydrogens is 207 g/mol. The van der Waals surface area contributed by atoms with Gasteiger partial charge in [0.05, 0.1) is 5.56 Å². The molecule has 1 aromatic carbocycles. The molecule has 0 spiro atoms. The third-order valence-electron chi connectivity index (χ3n) is 2.49. The Labute approximate surface area is 83.4 Å². The van der Waals surface area contributed by atoms with Gasteiger partial charge in [-0.25, -0.2) is 18.0 Å². The molecule has 0 saturated heterocycles. The number of hydrogen-bond donors (Lipinski definition) is 0. The quantitative estimate of drug-likeness (QED) is 0.421. The minimum atomic E-state index is -1.27. The molecule has 1 aliphatic rings. The van der Waals surface area contributed by atoms with E-state index < -0.39 is 28.6 Å². The van der Waals surface area contributed by atoms with Crippen LogP contribution in [0.1, 0.15) is 18.4 Å². The van der Waals surface area contributed by atoms with Crippen LogP contribution in [0, 0.1) is 17.5 Å². The zero-order chi connectivity index (χ0) is 11.1. The molecular formula is C10H6F3NO. The molecule has 1 aliphatic carbocycles. The maximum Gasteiger partial charge on any atom is 0.235 e. The summed E-state index contributed by atoms with van der Waals surface area (Å²) < 4.78 is 39.5. The van der Waals surface area contributed by atoms with E-state index in [1.165, 1.54) is 6.08 Å². The van der Waals surface area contributed by atoms with Crippen molar-refractivity contribution in [1.29, 1.82) is 0 Å². The lowest BCUT2D eigenvalue weighted by Crippen LogP contribution is -2.10. The van der Waals surface area contributed by atoms with E-state index in [1.807, 2.05) is 0 Å². The normalized spacial score (nSPS) is 17.0. The molecule has 1 fully saturated rings. The molecule has 2 rings (SSSR count). The summed E-state index contributed by atoms with van der Waals surface area (Å²) in [6.07, 6.45) is 1.93. The maximum absolute atomic E-state index is 13.3. The molecule has 0 aliphatic heterocycles. The van der Waals surface area contributed by atoms with Gasteiger partial charge in [-0.05, 0) is 25.0 Å². The van der Waals surface area contributed by atoms with Gasteiger partial charge in [0.15, 0.2) is 11.6 Å². The minimum absolute atomic E-state index is 0.333. The van der Waals surface area contributed by atoms with Gasteiger partial charge in [0.25, 0.3) is 0 Å². The lowest BCUT2D eigenvalue weighted by Gasteiger charge is -2.10. The highest BCUT2D eigenvalue weighted by Gasteiger charge is 2.49. The number of isocyanates is 1. The average Bonchev–Trinajstić information content (AvgIpc) is 2.94. The summed E-state index contributed by atoms with van der Waals surface area (Å²) in [5, 5.41) is 0. The highest BCUT2D eigenvalue weighted by atomic mass is 19.2. The van der Waals surface area contributed by atoms with E-state index >= 15 is 0 Å². The zero-order valence-electron chi connectivity index (χ0n) is 7.56. The zero-order valence-corrected chi connectivity index (χ0v) is 7.56. The van der Waals surface area contributed by atoms with Crippen LogP contribution in [-0.2, 0) is 10.3 Å². The van der Waals surface area contributed by atoms with Crippen LogP contribution in [0.15, 0.2) is 17.1 Å². The van der Waals surface area contributed by atoms with Crippen LogP contribution in [0.4, 0.5) is 13.2 Å². The van der Waals surface area contributed by atoms with E-state index in [4.69, 9.17) is 0 Å². The van der Waals surface area contributed by atoms with Crippen LogP contribution in [0.3, 0.4) is 0 Å². The van der Waals surface area contributed by atoms with Crippen molar-refractivity contribution in [3.05, 3.63) is 35.1 Å². The van der Waals surface area contributed by atoms with Crippen molar-refractivity contribution in [1.82, 2.24) is 0 Å². The van der Waals surface area contributed by atoms with Gasteiger partial charge in [0, 0.05) is 0 Å². The summed E-state index contributed by atoms with van der Waals surface area (Å²) in [7, 11) is 0. The fourth-order valence-electron chi connectivity index (χ4n) is 1.58. The molecule has 0 heterocycles. The second kappa shape index (κ2) is 3.21. The average molecular weight is 213 g/mol. The summed E-state index contributed by atoms with van der Waals surface area (Å²) in [4.78, 5) is 13.5. The first-order valence-corrected chi connectivity index (χ1v) is 4.34. The fraction of sp³-hybridized carbons (Fsp3) is 0.300. The molecule has 15 heavy (non-hydrogen) atoms. The first kappa shape index (κ1) is 9.93. The van der Waals surface area contributed by atoms with Crippen molar-refractivity contribution in [3.8, 4) is 0 Å². The Balaban J connectivity index is 2.62. The van der Waals surface area contributed by atoms with Crippen LogP contribution >= 0.6 is 0 Å². The lowest BCUT2D eigenvalue weighted by atomic mass is 10.0. The molecule has 0 amide bonds. The van der Waals surface area contributed by atoms with Crippen molar-refractivity contribution in [2.24, 2.45) is 4.99 Å². The van der Waals surface area contributed by atoms with Gasteiger partial charge in [-0.3, -0.25) is 0 Å². The second-order valence-corrected chi connectivity index (χ2v) is 3.45. The Hall–Kier alpha value is -1.61. The van der Waals surface area contributed by atoms with E-state index in [1.54, 1.807) is 0 Å². The van der Waals surface area contributed by atoms with Crippen molar-refractivity contribution in [3.63, 3.8) is 0 Å². The van der Waals surface area contributed by atoms with Gasteiger partial charge in [-0.15, -0.1) is 0 Å². The Morgan fingerprint density at radius 3 is 2.33 bits per heavy atom. The highest BCUT2D eigenvalue weighted by molar-refractivity contribution is 5.42. The predicted octanol–water partition coefficient (Wildman–Crippen LogP) is 2.43. The molecule has 0 N–H and O–H groups in total.